The first-order valence-corrected chi connectivity index (χ1v) is 9.22. The SMILES string of the molecule is Oc1ccc(Br)cc1C1Nc2ccc(I)cc2C2C=CCC21. The van der Waals surface area contributed by atoms with Crippen LogP contribution in [0.2, 0.25) is 0 Å². The van der Waals surface area contributed by atoms with Gasteiger partial charge in [0.1, 0.15) is 5.75 Å². The number of hydrogen-bond acceptors (Lipinski definition) is 2. The van der Waals surface area contributed by atoms with Crippen molar-refractivity contribution in [3.05, 3.63) is 67.7 Å². The summed E-state index contributed by atoms with van der Waals surface area (Å²) in [5, 5.41) is 14.0. The lowest BCUT2D eigenvalue weighted by Gasteiger charge is -2.37. The third-order valence-electron chi connectivity index (χ3n) is 4.65. The molecule has 0 spiro atoms. The molecule has 4 heteroatoms. The molecule has 112 valence electrons. The largest absolute Gasteiger partial charge is 0.508 e. The zero-order valence-corrected chi connectivity index (χ0v) is 15.5. The van der Waals surface area contributed by atoms with Gasteiger partial charge in [0.15, 0.2) is 0 Å². The molecule has 0 radical (unpaired) electrons. The highest BCUT2D eigenvalue weighted by molar-refractivity contribution is 14.1. The first kappa shape index (κ1) is 14.6. The zero-order chi connectivity index (χ0) is 15.3. The number of rotatable bonds is 1. The maximum Gasteiger partial charge on any atom is 0.120 e. The van der Waals surface area contributed by atoms with Gasteiger partial charge in [-0.1, -0.05) is 28.1 Å². The molecular weight excluding hydrogens is 453 g/mol. The normalized spacial score (nSPS) is 25.5. The summed E-state index contributed by atoms with van der Waals surface area (Å²) >= 11 is 5.89. The van der Waals surface area contributed by atoms with Gasteiger partial charge >= 0.3 is 0 Å². The maximum absolute atomic E-state index is 10.3. The fourth-order valence-corrected chi connectivity index (χ4v) is 4.54. The highest BCUT2D eigenvalue weighted by Crippen LogP contribution is 2.51. The number of nitrogens with one attached hydrogen (secondary N) is 1. The van der Waals surface area contributed by atoms with E-state index in [1.54, 1.807) is 6.07 Å². The second kappa shape index (κ2) is 5.57. The van der Waals surface area contributed by atoms with Crippen LogP contribution in [0.5, 0.6) is 5.75 Å². The Kier molecular flexibility index (Phi) is 3.69. The standard InChI is InChI=1S/C18H15BrINO/c19-10-4-7-17(22)15(8-10)18-13-3-1-2-12(13)14-9-11(20)5-6-16(14)21-18/h1-2,4-9,12-13,18,21-22H,3H2. The molecule has 1 heterocycles. The summed E-state index contributed by atoms with van der Waals surface area (Å²) in [6.45, 7) is 0. The highest BCUT2D eigenvalue weighted by atomic mass is 127. The van der Waals surface area contributed by atoms with Gasteiger partial charge in [-0.15, -0.1) is 0 Å². The van der Waals surface area contributed by atoms with E-state index in [1.807, 2.05) is 12.1 Å². The minimum Gasteiger partial charge on any atom is -0.508 e. The number of hydrogen-bond donors (Lipinski definition) is 2. The number of phenolic OH excluding ortho intramolecular Hbond substituents is 1. The van der Waals surface area contributed by atoms with E-state index in [9.17, 15) is 5.11 Å². The molecule has 4 rings (SSSR count). The Bertz CT molecular complexity index is 774. The van der Waals surface area contributed by atoms with Gasteiger partial charge in [-0.25, -0.2) is 0 Å². The smallest absolute Gasteiger partial charge is 0.120 e. The lowest BCUT2D eigenvalue weighted by Crippen LogP contribution is -2.29. The third kappa shape index (κ3) is 2.36. The summed E-state index contributed by atoms with van der Waals surface area (Å²) in [6, 6.07) is 12.4. The van der Waals surface area contributed by atoms with Crippen molar-refractivity contribution < 1.29 is 5.11 Å². The average Bonchev–Trinajstić information content (AvgIpc) is 2.99. The Morgan fingerprint density at radius 3 is 2.86 bits per heavy atom. The zero-order valence-electron chi connectivity index (χ0n) is 11.8. The van der Waals surface area contributed by atoms with Crippen molar-refractivity contribution in [1.29, 1.82) is 0 Å². The molecule has 0 saturated carbocycles. The fourth-order valence-electron chi connectivity index (χ4n) is 3.65. The first-order valence-electron chi connectivity index (χ1n) is 7.34. The maximum atomic E-state index is 10.3. The van der Waals surface area contributed by atoms with E-state index in [1.165, 1.54) is 14.8 Å². The molecule has 3 atom stereocenters. The lowest BCUT2D eigenvalue weighted by molar-refractivity contribution is 0.402. The van der Waals surface area contributed by atoms with E-state index >= 15 is 0 Å². The monoisotopic (exact) mass is 467 g/mol. The number of aromatic hydroxyl groups is 1. The Balaban J connectivity index is 1.83. The van der Waals surface area contributed by atoms with Gasteiger partial charge < -0.3 is 10.4 Å². The van der Waals surface area contributed by atoms with E-state index in [2.05, 4.69) is 74.2 Å². The van der Waals surface area contributed by atoms with Crippen LogP contribution in [0, 0.1) is 9.49 Å². The average molecular weight is 468 g/mol. The summed E-state index contributed by atoms with van der Waals surface area (Å²) in [4.78, 5) is 0. The lowest BCUT2D eigenvalue weighted by atomic mass is 9.77. The predicted octanol–water partition coefficient (Wildman–Crippen LogP) is 5.59. The number of allylic oxidation sites excluding steroid dienone is 2. The summed E-state index contributed by atoms with van der Waals surface area (Å²) in [7, 11) is 0. The molecule has 1 aliphatic carbocycles. The Morgan fingerprint density at radius 2 is 2.00 bits per heavy atom. The van der Waals surface area contributed by atoms with Crippen LogP contribution in [0.25, 0.3) is 0 Å². The van der Waals surface area contributed by atoms with Crippen LogP contribution in [0.15, 0.2) is 53.0 Å². The van der Waals surface area contributed by atoms with Gasteiger partial charge in [-0.2, -0.15) is 0 Å². The van der Waals surface area contributed by atoms with E-state index in [4.69, 9.17) is 0 Å². The van der Waals surface area contributed by atoms with Crippen molar-refractivity contribution in [3.8, 4) is 5.75 Å². The Hall–Kier alpha value is -1.01. The summed E-state index contributed by atoms with van der Waals surface area (Å²) in [5.74, 6) is 1.24. The van der Waals surface area contributed by atoms with Crippen molar-refractivity contribution in [2.45, 2.75) is 18.4 Å². The first-order chi connectivity index (χ1) is 10.6. The fraction of sp³-hybridized carbons (Fsp3) is 0.222. The molecule has 22 heavy (non-hydrogen) atoms. The van der Waals surface area contributed by atoms with Crippen LogP contribution < -0.4 is 5.32 Å². The third-order valence-corrected chi connectivity index (χ3v) is 5.81. The van der Waals surface area contributed by atoms with Crippen LogP contribution >= 0.6 is 38.5 Å². The minimum atomic E-state index is 0.130. The van der Waals surface area contributed by atoms with Gasteiger partial charge in [0, 0.05) is 25.2 Å². The summed E-state index contributed by atoms with van der Waals surface area (Å²) in [6.07, 6.45) is 5.63. The van der Waals surface area contributed by atoms with Gasteiger partial charge in [0.25, 0.3) is 0 Å². The molecule has 0 fully saturated rings. The second-order valence-electron chi connectivity index (χ2n) is 5.91. The van der Waals surface area contributed by atoms with E-state index in [0.29, 0.717) is 17.6 Å². The van der Waals surface area contributed by atoms with Crippen LogP contribution in [0.1, 0.15) is 29.5 Å². The van der Waals surface area contributed by atoms with Gasteiger partial charge in [0.05, 0.1) is 6.04 Å². The topological polar surface area (TPSA) is 32.3 Å². The molecule has 1 aliphatic heterocycles. The van der Waals surface area contributed by atoms with Crippen LogP contribution in [-0.2, 0) is 0 Å². The number of fused-ring (bicyclic) bond motifs is 3. The molecule has 2 aliphatic rings. The molecule has 0 bridgehead atoms. The second-order valence-corrected chi connectivity index (χ2v) is 8.07. The highest BCUT2D eigenvalue weighted by Gasteiger charge is 2.38. The number of phenols is 1. The van der Waals surface area contributed by atoms with E-state index in [0.717, 1.165) is 16.5 Å². The van der Waals surface area contributed by atoms with Crippen molar-refractivity contribution in [2.24, 2.45) is 5.92 Å². The van der Waals surface area contributed by atoms with Crippen molar-refractivity contribution >= 4 is 44.2 Å². The Labute approximate surface area is 151 Å². The van der Waals surface area contributed by atoms with Crippen LogP contribution in [0.4, 0.5) is 5.69 Å². The van der Waals surface area contributed by atoms with Crippen molar-refractivity contribution in [3.63, 3.8) is 0 Å². The van der Waals surface area contributed by atoms with E-state index < -0.39 is 0 Å². The molecule has 3 unspecified atom stereocenters. The van der Waals surface area contributed by atoms with Crippen molar-refractivity contribution in [1.82, 2.24) is 0 Å². The van der Waals surface area contributed by atoms with E-state index in [-0.39, 0.29) is 6.04 Å². The minimum absolute atomic E-state index is 0.130. The molecule has 0 saturated heterocycles. The number of benzene rings is 2. The van der Waals surface area contributed by atoms with Crippen LogP contribution in [-0.4, -0.2) is 5.11 Å². The van der Waals surface area contributed by atoms with Gasteiger partial charge in [-0.05, 0) is 76.9 Å². The predicted molar refractivity (Wildman–Crippen MR) is 101 cm³/mol. The molecule has 2 aromatic carbocycles. The number of anilines is 1. The summed E-state index contributed by atoms with van der Waals surface area (Å²) < 4.78 is 2.26. The molecular formula is C18H15BrINO. The van der Waals surface area contributed by atoms with Gasteiger partial charge in [0.2, 0.25) is 0 Å². The van der Waals surface area contributed by atoms with Gasteiger partial charge in [-0.3, -0.25) is 0 Å². The number of halogens is 2. The molecule has 0 aromatic heterocycles. The molecule has 2 nitrogen and oxygen atoms in total. The molecule has 0 amide bonds. The van der Waals surface area contributed by atoms with Crippen molar-refractivity contribution in [2.75, 3.05) is 5.32 Å². The molecule has 2 aromatic rings. The quantitative estimate of drug-likeness (QED) is 0.423. The summed E-state index contributed by atoms with van der Waals surface area (Å²) in [5.41, 5.74) is 3.52. The Morgan fingerprint density at radius 1 is 1.14 bits per heavy atom. The van der Waals surface area contributed by atoms with Crippen LogP contribution in [0.3, 0.4) is 0 Å². The molecule has 2 N–H and O–H groups in total.